The third-order valence-corrected chi connectivity index (χ3v) is 3.89. The van der Waals surface area contributed by atoms with E-state index in [0.717, 1.165) is 12.8 Å². The Balaban J connectivity index is 0.00000128. The standard InChI is InChI=1S/C12H22N2O.ClH/c13-11-7-3-4-9(11)8-12(15)14-10-5-1-2-6-10;/h9-11H,1-8,13H2,(H,14,15);1H/t9-,11+;/m0./s1. The Morgan fingerprint density at radius 2 is 1.81 bits per heavy atom. The van der Waals surface area contributed by atoms with Crippen LogP contribution in [0.2, 0.25) is 0 Å². The summed E-state index contributed by atoms with van der Waals surface area (Å²) in [5.41, 5.74) is 5.96. The van der Waals surface area contributed by atoms with Crippen molar-refractivity contribution in [3.63, 3.8) is 0 Å². The highest BCUT2D eigenvalue weighted by Gasteiger charge is 2.27. The topological polar surface area (TPSA) is 55.1 Å². The molecule has 2 fully saturated rings. The van der Waals surface area contributed by atoms with Gasteiger partial charge in [0.25, 0.3) is 0 Å². The molecule has 0 aliphatic heterocycles. The van der Waals surface area contributed by atoms with E-state index in [-0.39, 0.29) is 24.4 Å². The SMILES string of the molecule is Cl.N[C@@H]1CCC[C@H]1CC(=O)NC1CCCC1. The zero-order valence-corrected chi connectivity index (χ0v) is 10.6. The first-order valence-electron chi connectivity index (χ1n) is 6.30. The van der Waals surface area contributed by atoms with Crippen molar-refractivity contribution in [1.82, 2.24) is 5.32 Å². The molecule has 0 saturated heterocycles. The zero-order valence-electron chi connectivity index (χ0n) is 9.78. The predicted molar refractivity (Wildman–Crippen MR) is 67.6 cm³/mol. The van der Waals surface area contributed by atoms with Crippen LogP contribution in [-0.4, -0.2) is 18.0 Å². The van der Waals surface area contributed by atoms with Gasteiger partial charge in [0.05, 0.1) is 0 Å². The van der Waals surface area contributed by atoms with Crippen molar-refractivity contribution in [3.05, 3.63) is 0 Å². The first-order chi connectivity index (χ1) is 7.25. The Labute approximate surface area is 104 Å². The number of carbonyl (C=O) groups excluding carboxylic acids is 1. The first kappa shape index (κ1) is 13.8. The van der Waals surface area contributed by atoms with Gasteiger partial charge in [-0.3, -0.25) is 4.79 Å². The van der Waals surface area contributed by atoms with Crippen LogP contribution in [0.4, 0.5) is 0 Å². The molecule has 1 amide bonds. The van der Waals surface area contributed by atoms with Gasteiger partial charge in [0.2, 0.25) is 5.91 Å². The number of nitrogens with one attached hydrogen (secondary N) is 1. The lowest BCUT2D eigenvalue weighted by molar-refractivity contribution is -0.122. The molecule has 0 bridgehead atoms. The van der Waals surface area contributed by atoms with Crippen LogP contribution in [0.25, 0.3) is 0 Å². The van der Waals surface area contributed by atoms with E-state index in [2.05, 4.69) is 5.32 Å². The number of halogens is 1. The van der Waals surface area contributed by atoms with E-state index in [1.807, 2.05) is 0 Å². The van der Waals surface area contributed by atoms with Gasteiger partial charge in [-0.1, -0.05) is 19.3 Å². The fraction of sp³-hybridized carbons (Fsp3) is 0.917. The van der Waals surface area contributed by atoms with E-state index < -0.39 is 0 Å². The van der Waals surface area contributed by atoms with E-state index in [4.69, 9.17) is 5.73 Å². The lowest BCUT2D eigenvalue weighted by atomic mass is 9.99. The summed E-state index contributed by atoms with van der Waals surface area (Å²) >= 11 is 0. The van der Waals surface area contributed by atoms with E-state index in [0.29, 0.717) is 18.4 Å². The molecule has 2 saturated carbocycles. The molecule has 0 radical (unpaired) electrons. The average molecular weight is 247 g/mol. The number of hydrogen-bond donors (Lipinski definition) is 2. The Hall–Kier alpha value is -0.280. The molecule has 0 spiro atoms. The van der Waals surface area contributed by atoms with Gasteiger partial charge in [-0.15, -0.1) is 12.4 Å². The van der Waals surface area contributed by atoms with E-state index in [1.54, 1.807) is 0 Å². The van der Waals surface area contributed by atoms with Gasteiger partial charge in [-0.25, -0.2) is 0 Å². The fourth-order valence-corrected chi connectivity index (χ4v) is 2.91. The second-order valence-electron chi connectivity index (χ2n) is 5.11. The molecule has 94 valence electrons. The number of amides is 1. The highest BCUT2D eigenvalue weighted by molar-refractivity contribution is 5.85. The molecule has 0 heterocycles. The smallest absolute Gasteiger partial charge is 0.220 e. The molecule has 3 nitrogen and oxygen atoms in total. The number of nitrogens with two attached hydrogens (primary N) is 1. The Morgan fingerprint density at radius 3 is 2.38 bits per heavy atom. The summed E-state index contributed by atoms with van der Waals surface area (Å²) in [5, 5.41) is 3.13. The van der Waals surface area contributed by atoms with Crippen molar-refractivity contribution in [2.24, 2.45) is 11.7 Å². The quantitative estimate of drug-likeness (QED) is 0.800. The Morgan fingerprint density at radius 1 is 1.12 bits per heavy atom. The van der Waals surface area contributed by atoms with Gasteiger partial charge in [0.15, 0.2) is 0 Å². The highest BCUT2D eigenvalue weighted by Crippen LogP contribution is 2.27. The lowest BCUT2D eigenvalue weighted by Gasteiger charge is -2.17. The number of rotatable bonds is 3. The third kappa shape index (κ3) is 3.63. The fourth-order valence-electron chi connectivity index (χ4n) is 2.91. The largest absolute Gasteiger partial charge is 0.353 e. The lowest BCUT2D eigenvalue weighted by Crippen LogP contribution is -2.36. The van der Waals surface area contributed by atoms with E-state index in [1.165, 1.54) is 32.1 Å². The zero-order chi connectivity index (χ0) is 10.7. The Kier molecular flexibility index (Phi) is 5.56. The summed E-state index contributed by atoms with van der Waals surface area (Å²) in [6.07, 6.45) is 8.97. The molecule has 3 N–H and O–H groups in total. The Bertz CT molecular complexity index is 229. The van der Waals surface area contributed by atoms with Crippen LogP contribution in [0, 0.1) is 5.92 Å². The van der Waals surface area contributed by atoms with Crippen LogP contribution < -0.4 is 11.1 Å². The van der Waals surface area contributed by atoms with Crippen molar-refractivity contribution in [2.45, 2.75) is 63.5 Å². The molecule has 2 rings (SSSR count). The maximum atomic E-state index is 11.7. The van der Waals surface area contributed by atoms with Crippen LogP contribution in [0.15, 0.2) is 0 Å². The molecule has 4 heteroatoms. The predicted octanol–water partition coefficient (Wildman–Crippen LogP) is 1.98. The number of hydrogen-bond acceptors (Lipinski definition) is 2. The van der Waals surface area contributed by atoms with Crippen LogP contribution in [0.3, 0.4) is 0 Å². The minimum atomic E-state index is 0. The van der Waals surface area contributed by atoms with Gasteiger partial charge < -0.3 is 11.1 Å². The molecular formula is C12H23ClN2O. The maximum absolute atomic E-state index is 11.7. The molecule has 2 aliphatic rings. The molecule has 2 aliphatic carbocycles. The minimum absolute atomic E-state index is 0. The third-order valence-electron chi connectivity index (χ3n) is 3.89. The molecule has 0 aromatic heterocycles. The second kappa shape index (κ2) is 6.45. The minimum Gasteiger partial charge on any atom is -0.353 e. The van der Waals surface area contributed by atoms with Crippen LogP contribution in [0.5, 0.6) is 0 Å². The summed E-state index contributed by atoms with van der Waals surface area (Å²) in [6.45, 7) is 0. The molecular weight excluding hydrogens is 224 g/mol. The van der Waals surface area contributed by atoms with Crippen molar-refractivity contribution >= 4 is 18.3 Å². The highest BCUT2D eigenvalue weighted by atomic mass is 35.5. The molecule has 0 aromatic rings. The van der Waals surface area contributed by atoms with Gasteiger partial charge in [-0.2, -0.15) is 0 Å². The maximum Gasteiger partial charge on any atom is 0.220 e. The van der Waals surface area contributed by atoms with E-state index >= 15 is 0 Å². The van der Waals surface area contributed by atoms with E-state index in [9.17, 15) is 4.79 Å². The van der Waals surface area contributed by atoms with Crippen LogP contribution >= 0.6 is 12.4 Å². The van der Waals surface area contributed by atoms with Crippen LogP contribution in [0.1, 0.15) is 51.4 Å². The second-order valence-corrected chi connectivity index (χ2v) is 5.11. The van der Waals surface area contributed by atoms with Gasteiger partial charge in [-0.05, 0) is 31.6 Å². The van der Waals surface area contributed by atoms with Crippen molar-refractivity contribution in [3.8, 4) is 0 Å². The normalized spacial score (nSPS) is 30.1. The van der Waals surface area contributed by atoms with Gasteiger partial charge in [0, 0.05) is 18.5 Å². The molecule has 2 atom stereocenters. The van der Waals surface area contributed by atoms with Crippen molar-refractivity contribution < 1.29 is 4.79 Å². The monoisotopic (exact) mass is 246 g/mol. The van der Waals surface area contributed by atoms with Crippen LogP contribution in [-0.2, 0) is 4.79 Å². The molecule has 0 aromatic carbocycles. The number of carbonyl (C=O) groups is 1. The summed E-state index contributed by atoms with van der Waals surface area (Å²) in [6, 6.07) is 0.717. The first-order valence-corrected chi connectivity index (χ1v) is 6.30. The summed E-state index contributed by atoms with van der Waals surface area (Å²) in [7, 11) is 0. The molecule has 16 heavy (non-hydrogen) atoms. The van der Waals surface area contributed by atoms with Gasteiger partial charge in [0.1, 0.15) is 0 Å². The summed E-state index contributed by atoms with van der Waals surface area (Å²) < 4.78 is 0. The van der Waals surface area contributed by atoms with Crippen molar-refractivity contribution in [1.29, 1.82) is 0 Å². The molecule has 0 unspecified atom stereocenters. The van der Waals surface area contributed by atoms with Crippen molar-refractivity contribution in [2.75, 3.05) is 0 Å². The summed E-state index contributed by atoms with van der Waals surface area (Å²) in [4.78, 5) is 11.7. The summed E-state index contributed by atoms with van der Waals surface area (Å²) in [5.74, 6) is 0.663. The average Bonchev–Trinajstić information content (AvgIpc) is 2.79. The van der Waals surface area contributed by atoms with Gasteiger partial charge >= 0.3 is 0 Å².